The molecule has 0 aliphatic heterocycles. The van der Waals surface area contributed by atoms with Crippen molar-refractivity contribution in [1.29, 1.82) is 0 Å². The highest BCUT2D eigenvalue weighted by atomic mass is 16.5. The molecule has 334 valence electrons. The van der Waals surface area contributed by atoms with Crippen LogP contribution in [-0.2, 0) is 21.7 Å². The van der Waals surface area contributed by atoms with Gasteiger partial charge in [-0.2, -0.15) is 5.10 Å². The van der Waals surface area contributed by atoms with E-state index in [1.807, 2.05) is 66.3 Å². The van der Waals surface area contributed by atoms with E-state index in [4.69, 9.17) is 18.9 Å². The second kappa shape index (κ2) is 16.3. The number of aryl methyl sites for hydroxylation is 2. The molecule has 0 unspecified atom stereocenters. The normalized spacial score (nSPS) is 13.5. The summed E-state index contributed by atoms with van der Waals surface area (Å²) in [5.41, 5.74) is 12.8. The van der Waals surface area contributed by atoms with Crippen molar-refractivity contribution in [2.24, 2.45) is 0 Å². The number of hydrogen-bond acceptors (Lipinski definition) is 3. The fourth-order valence-corrected chi connectivity index (χ4v) is 9.15. The van der Waals surface area contributed by atoms with Crippen molar-refractivity contribution < 1.29 is 8.85 Å². The van der Waals surface area contributed by atoms with Gasteiger partial charge in [-0.25, -0.2) is 9.67 Å². The van der Waals surface area contributed by atoms with Crippen molar-refractivity contribution in [2.45, 2.75) is 112 Å². The Balaban J connectivity index is 1.15. The van der Waals surface area contributed by atoms with Crippen LogP contribution in [0.3, 0.4) is 0 Å². The molecule has 0 saturated heterocycles. The Morgan fingerprint density at radius 3 is 1.91 bits per heavy atom. The van der Waals surface area contributed by atoms with Gasteiger partial charge in [0.05, 0.1) is 22.9 Å². The molecule has 0 aliphatic rings. The van der Waals surface area contributed by atoms with Crippen LogP contribution in [0.5, 0.6) is 11.5 Å². The molecule has 0 N–H and O–H groups in total. The Labute approximate surface area is 396 Å². The number of nitrogens with zero attached hydrogens (tertiary/aromatic N) is 4. The minimum absolute atomic E-state index is 0.0731. The summed E-state index contributed by atoms with van der Waals surface area (Å²) >= 11 is 0. The van der Waals surface area contributed by atoms with E-state index in [9.17, 15) is 0 Å². The predicted octanol–water partition coefficient (Wildman–Crippen LogP) is 16.3. The van der Waals surface area contributed by atoms with Crippen molar-refractivity contribution in [3.63, 3.8) is 0 Å². The molecule has 0 fully saturated rings. The van der Waals surface area contributed by atoms with Crippen LogP contribution in [0.2, 0.25) is 0 Å². The molecule has 9 aromatic rings. The highest BCUT2D eigenvalue weighted by Crippen LogP contribution is 2.41. The van der Waals surface area contributed by atoms with Crippen LogP contribution < -0.4 is 4.74 Å². The van der Waals surface area contributed by atoms with Crippen molar-refractivity contribution in [3.05, 3.63) is 191 Å². The molecule has 3 aromatic heterocycles. The molecule has 0 bridgehead atoms. The lowest BCUT2D eigenvalue weighted by atomic mass is 9.76. The van der Waals surface area contributed by atoms with E-state index in [1.165, 1.54) is 11.1 Å². The second-order valence-corrected chi connectivity index (χ2v) is 21.7. The molecule has 9 rings (SSSR count). The van der Waals surface area contributed by atoms with E-state index in [2.05, 4.69) is 172 Å². The number of hydrogen-bond donors (Lipinski definition) is 0. The first-order chi connectivity index (χ1) is 32.4. The lowest BCUT2D eigenvalue weighted by Crippen LogP contribution is -2.19. The first-order valence-corrected chi connectivity index (χ1v) is 23.1. The number of fused-ring (bicyclic) bond motifs is 3. The summed E-state index contributed by atoms with van der Waals surface area (Å²) in [6, 6.07) is 46.3. The molecule has 0 saturated carbocycles. The zero-order valence-corrected chi connectivity index (χ0v) is 40.6. The second-order valence-electron chi connectivity index (χ2n) is 21.7. The highest BCUT2D eigenvalue weighted by Gasteiger charge is 2.26. The Kier molecular flexibility index (Phi) is 10.1. The standard InChI is InChI=1S/C61H64N4O/c1-39-29-48(61(12,13)45-17-15-14-16-18-45)30-40(2)57(39)42-27-28-62-56(31-42)65-54-26-23-46(59(6,7)8)34-53(54)52-25-24-50(36-55(52)65)66-51-33-47(60(9,10)11)32-49(35-51)64-38-43(37-63-64)41-19-21-44(22-20-41)58(3,4)5/h14-38H,1-13H3/i1D3. The zero-order valence-electron chi connectivity index (χ0n) is 43.6. The topological polar surface area (TPSA) is 44.9 Å². The predicted molar refractivity (Wildman–Crippen MR) is 277 cm³/mol. The maximum Gasteiger partial charge on any atom is 0.138 e. The summed E-state index contributed by atoms with van der Waals surface area (Å²) in [6.07, 6.45) is 5.79. The van der Waals surface area contributed by atoms with Crippen molar-refractivity contribution in [3.8, 4) is 45.3 Å². The molecular formula is C61H64N4O. The average molecular weight is 872 g/mol. The molecule has 0 aliphatic carbocycles. The average Bonchev–Trinajstić information content (AvgIpc) is 3.91. The van der Waals surface area contributed by atoms with Crippen LogP contribution in [0.15, 0.2) is 152 Å². The largest absolute Gasteiger partial charge is 0.457 e. The molecule has 0 amide bonds. The van der Waals surface area contributed by atoms with Gasteiger partial charge in [0, 0.05) is 50.4 Å². The molecule has 0 spiro atoms. The lowest BCUT2D eigenvalue weighted by Gasteiger charge is -2.28. The lowest BCUT2D eigenvalue weighted by molar-refractivity contribution is 0.478. The smallest absolute Gasteiger partial charge is 0.138 e. The third kappa shape index (κ3) is 8.48. The molecule has 6 aromatic carbocycles. The third-order valence-corrected chi connectivity index (χ3v) is 13.3. The maximum atomic E-state index is 8.82. The first kappa shape index (κ1) is 40.8. The molecule has 5 heteroatoms. The van der Waals surface area contributed by atoms with E-state index in [1.54, 1.807) is 6.20 Å². The summed E-state index contributed by atoms with van der Waals surface area (Å²) in [5, 5.41) is 7.00. The fourth-order valence-electron chi connectivity index (χ4n) is 9.15. The third-order valence-electron chi connectivity index (χ3n) is 13.3. The van der Waals surface area contributed by atoms with Crippen molar-refractivity contribution >= 4 is 21.8 Å². The van der Waals surface area contributed by atoms with Gasteiger partial charge < -0.3 is 4.74 Å². The number of rotatable bonds is 8. The number of pyridine rings is 1. The molecular weight excluding hydrogens is 805 g/mol. The number of ether oxygens (including phenoxy) is 1. The van der Waals surface area contributed by atoms with Crippen LogP contribution in [0, 0.1) is 13.8 Å². The van der Waals surface area contributed by atoms with Crippen LogP contribution >= 0.6 is 0 Å². The van der Waals surface area contributed by atoms with E-state index in [0.717, 1.165) is 66.4 Å². The summed E-state index contributed by atoms with van der Waals surface area (Å²) in [4.78, 5) is 5.00. The van der Waals surface area contributed by atoms with Gasteiger partial charge in [0.15, 0.2) is 0 Å². The van der Waals surface area contributed by atoms with E-state index >= 15 is 0 Å². The van der Waals surface area contributed by atoms with Gasteiger partial charge in [0.1, 0.15) is 17.3 Å². The van der Waals surface area contributed by atoms with Gasteiger partial charge in [0.25, 0.3) is 0 Å². The maximum absolute atomic E-state index is 8.82. The summed E-state index contributed by atoms with van der Waals surface area (Å²) < 4.78 is 37.5. The number of benzene rings is 6. The van der Waals surface area contributed by atoms with Gasteiger partial charge >= 0.3 is 0 Å². The van der Waals surface area contributed by atoms with Gasteiger partial charge in [-0.05, 0) is 134 Å². The van der Waals surface area contributed by atoms with Gasteiger partial charge in [-0.3, -0.25) is 4.57 Å². The van der Waals surface area contributed by atoms with E-state index < -0.39 is 12.3 Å². The first-order valence-electron chi connectivity index (χ1n) is 24.6. The Morgan fingerprint density at radius 2 is 1.21 bits per heavy atom. The molecule has 3 heterocycles. The van der Waals surface area contributed by atoms with Crippen molar-refractivity contribution in [2.75, 3.05) is 0 Å². The summed E-state index contributed by atoms with van der Waals surface area (Å²) in [5.74, 6) is 2.05. The minimum Gasteiger partial charge on any atom is -0.457 e. The van der Waals surface area contributed by atoms with Gasteiger partial charge in [-0.1, -0.05) is 149 Å². The monoisotopic (exact) mass is 872 g/mol. The Bertz CT molecular complexity index is 3370. The van der Waals surface area contributed by atoms with Crippen LogP contribution in [0.1, 0.15) is 119 Å². The van der Waals surface area contributed by atoms with Crippen molar-refractivity contribution in [1.82, 2.24) is 19.3 Å². The van der Waals surface area contributed by atoms with E-state index in [-0.39, 0.29) is 16.2 Å². The molecule has 66 heavy (non-hydrogen) atoms. The highest BCUT2D eigenvalue weighted by molar-refractivity contribution is 6.10. The van der Waals surface area contributed by atoms with Crippen LogP contribution in [0.25, 0.3) is 55.6 Å². The van der Waals surface area contributed by atoms with E-state index in [0.29, 0.717) is 28.4 Å². The Hall–Kier alpha value is -6.72. The quantitative estimate of drug-likeness (QED) is 0.153. The Morgan fingerprint density at radius 1 is 0.515 bits per heavy atom. The zero-order chi connectivity index (χ0) is 49.4. The van der Waals surface area contributed by atoms with Gasteiger partial charge in [-0.15, -0.1) is 0 Å². The molecule has 5 nitrogen and oxygen atoms in total. The van der Waals surface area contributed by atoms with Crippen LogP contribution in [0.4, 0.5) is 0 Å². The minimum atomic E-state index is -2.36. The fraction of sp³-hybridized carbons (Fsp3) is 0.279. The van der Waals surface area contributed by atoms with Gasteiger partial charge in [0.2, 0.25) is 0 Å². The summed E-state index contributed by atoms with van der Waals surface area (Å²) in [6.45, 7) is 24.0. The number of aromatic nitrogens is 4. The molecule has 0 radical (unpaired) electrons. The summed E-state index contributed by atoms with van der Waals surface area (Å²) in [7, 11) is 0. The SMILES string of the molecule is [2H]C([2H])([2H])c1cc(C(C)(C)c2ccccc2)cc(C)c1-c1ccnc(-n2c3ccc(C(C)(C)C)cc3c3ccc(Oc4cc(-n5cc(-c6ccc(C(C)(C)C)cc6)cn5)cc(C(C)(C)C)c4)cc32)c1. The van der Waals surface area contributed by atoms with Crippen LogP contribution in [-0.4, -0.2) is 19.3 Å². The molecule has 0 atom stereocenters.